The van der Waals surface area contributed by atoms with Gasteiger partial charge in [0.15, 0.2) is 0 Å². The first kappa shape index (κ1) is 46.8. The maximum absolute atomic E-state index is 3.25. The van der Waals surface area contributed by atoms with Crippen LogP contribution in [0.5, 0.6) is 0 Å². The number of hydrogen-bond acceptors (Lipinski definition) is 0. The maximum Gasteiger partial charge on any atom is 4.00 e. The van der Waals surface area contributed by atoms with Crippen molar-refractivity contribution in [1.82, 2.24) is 0 Å². The van der Waals surface area contributed by atoms with Crippen LogP contribution < -0.4 is 37.2 Å². The van der Waals surface area contributed by atoms with Crippen molar-refractivity contribution >= 4 is 0 Å². The third kappa shape index (κ3) is 42.6. The molecule has 0 saturated heterocycles. The molecule has 0 bridgehead atoms. The van der Waals surface area contributed by atoms with Crippen LogP contribution in [0.1, 0.15) is 6.92 Å². The molecule has 0 amide bonds. The van der Waals surface area contributed by atoms with Gasteiger partial charge in [0.05, 0.1) is 0 Å². The van der Waals surface area contributed by atoms with E-state index in [0.717, 1.165) is 0 Å². The summed E-state index contributed by atoms with van der Waals surface area (Å²) in [6.45, 7) is 5.00. The van der Waals surface area contributed by atoms with E-state index in [4.69, 9.17) is 0 Å². The van der Waals surface area contributed by atoms with Gasteiger partial charge in [0.2, 0.25) is 0 Å². The third-order valence-corrected chi connectivity index (χ3v) is 0. The Hall–Kier alpha value is 1.74. The van der Waals surface area contributed by atoms with Crippen LogP contribution in [-0.2, 0) is 25.8 Å². The van der Waals surface area contributed by atoms with Gasteiger partial charge < -0.3 is 44.1 Å². The second-order valence-electron chi connectivity index (χ2n) is 0. The first-order chi connectivity index (χ1) is 1.00. The predicted octanol–water partition coefficient (Wildman–Crippen LogP) is -8.15. The van der Waals surface area contributed by atoms with Crippen LogP contribution in [-0.4, -0.2) is 0 Å². The molecule has 0 aromatic rings. The van der Waals surface area contributed by atoms with E-state index in [0.29, 0.717) is 0 Å². The minimum atomic E-state index is 0. The summed E-state index contributed by atoms with van der Waals surface area (Å²) < 4.78 is 0. The van der Waals surface area contributed by atoms with Crippen molar-refractivity contribution in [1.29, 1.82) is 0 Å². The monoisotopic (exact) mass is 314 g/mol. The van der Waals surface area contributed by atoms with E-state index in [-0.39, 0.29) is 63.1 Å². The van der Waals surface area contributed by atoms with E-state index in [1.807, 2.05) is 0 Å². The van der Waals surface area contributed by atoms with Gasteiger partial charge in [-0.25, -0.2) is 0 Å². The standard InChI is InChI=1S/C2H5.3ClH.Hf/c1-2;;;;/h1H2,2H3;3*1H;/q-1;;;;+4/p-3. The van der Waals surface area contributed by atoms with Crippen molar-refractivity contribution < 1.29 is 63.1 Å². The third-order valence-electron chi connectivity index (χ3n) is 0. The molecule has 38 valence electrons. The number of rotatable bonds is 0. The van der Waals surface area contributed by atoms with Crippen molar-refractivity contribution in [2.45, 2.75) is 6.92 Å². The summed E-state index contributed by atoms with van der Waals surface area (Å²) in [4.78, 5) is 0. The number of halogens is 3. The summed E-state index contributed by atoms with van der Waals surface area (Å²) in [6.07, 6.45) is 0. The molecule has 0 aromatic heterocycles. The summed E-state index contributed by atoms with van der Waals surface area (Å²) in [7, 11) is 0. The maximum atomic E-state index is 3.25. The van der Waals surface area contributed by atoms with Crippen LogP contribution in [0.3, 0.4) is 0 Å². The Balaban J connectivity index is -0.000000000833. The molecule has 0 heterocycles. The summed E-state index contributed by atoms with van der Waals surface area (Å²) >= 11 is 0. The van der Waals surface area contributed by atoms with Gasteiger partial charge in [-0.05, 0) is 0 Å². The molecule has 0 aliphatic rings. The molecule has 0 radical (unpaired) electrons. The van der Waals surface area contributed by atoms with Gasteiger partial charge in [-0.1, -0.05) is 0 Å². The predicted molar refractivity (Wildman–Crippen MR) is 11.0 cm³/mol. The molecule has 0 nitrogen and oxygen atoms in total. The van der Waals surface area contributed by atoms with Crippen molar-refractivity contribution in [2.75, 3.05) is 0 Å². The van der Waals surface area contributed by atoms with Crippen LogP contribution in [0.4, 0.5) is 0 Å². The summed E-state index contributed by atoms with van der Waals surface area (Å²) in [5, 5.41) is 0. The normalized spacial score (nSPS) is 1.00. The molecular weight excluding hydrogens is 309 g/mol. The summed E-state index contributed by atoms with van der Waals surface area (Å²) in [5.41, 5.74) is 0. The van der Waals surface area contributed by atoms with E-state index in [9.17, 15) is 0 Å². The molecule has 0 fully saturated rings. The quantitative estimate of drug-likeness (QED) is 0.308. The minimum Gasteiger partial charge on any atom is -1.00 e. The van der Waals surface area contributed by atoms with Gasteiger partial charge in [-0.2, -0.15) is 6.92 Å². The van der Waals surface area contributed by atoms with E-state index in [2.05, 4.69) is 6.92 Å². The largest absolute Gasteiger partial charge is 4.00 e. The fourth-order valence-corrected chi connectivity index (χ4v) is 0. The van der Waals surface area contributed by atoms with Crippen LogP contribution in [0.25, 0.3) is 0 Å². The van der Waals surface area contributed by atoms with Crippen LogP contribution in [0, 0.1) is 6.92 Å². The molecule has 0 saturated carbocycles. The Labute approximate surface area is 76.5 Å². The van der Waals surface area contributed by atoms with E-state index >= 15 is 0 Å². The van der Waals surface area contributed by atoms with Crippen LogP contribution in [0.2, 0.25) is 0 Å². The molecule has 0 spiro atoms. The molecule has 0 aliphatic heterocycles. The van der Waals surface area contributed by atoms with Gasteiger partial charge in [0, 0.05) is 0 Å². The Morgan fingerprint density at radius 2 is 0.833 bits per heavy atom. The Morgan fingerprint density at radius 1 is 0.833 bits per heavy atom. The molecule has 6 heavy (non-hydrogen) atoms. The summed E-state index contributed by atoms with van der Waals surface area (Å²) in [6, 6.07) is 0. The van der Waals surface area contributed by atoms with Gasteiger partial charge >= 0.3 is 25.8 Å². The molecule has 0 rings (SSSR count). The number of hydrogen-bond donors (Lipinski definition) is 0. The molecule has 0 atom stereocenters. The SMILES string of the molecule is [CH2-]C.[Cl-].[Cl-].[Cl-].[Hf+4]. The minimum absolute atomic E-state index is 0. The smallest absolute Gasteiger partial charge is 1.00 e. The fourth-order valence-electron chi connectivity index (χ4n) is 0. The second kappa shape index (κ2) is 73.3. The molecule has 0 aromatic carbocycles. The topological polar surface area (TPSA) is 0 Å². The first-order valence-electron chi connectivity index (χ1n) is 0.707. The van der Waals surface area contributed by atoms with Crippen LogP contribution in [0.15, 0.2) is 0 Å². The molecular formula is C2H5Cl3Hf. The van der Waals surface area contributed by atoms with Crippen LogP contribution >= 0.6 is 0 Å². The van der Waals surface area contributed by atoms with Crippen molar-refractivity contribution in [3.63, 3.8) is 0 Å². The van der Waals surface area contributed by atoms with E-state index in [1.54, 1.807) is 6.92 Å². The molecule has 0 N–H and O–H groups in total. The van der Waals surface area contributed by atoms with Crippen molar-refractivity contribution in [3.05, 3.63) is 6.92 Å². The van der Waals surface area contributed by atoms with E-state index in [1.165, 1.54) is 0 Å². The zero-order valence-corrected chi connectivity index (χ0v) is 9.20. The second-order valence-corrected chi connectivity index (χ2v) is 0. The Kier molecular flexibility index (Phi) is 572. The Morgan fingerprint density at radius 3 is 0.833 bits per heavy atom. The average Bonchev–Trinajstić information content (AvgIpc) is 1.00. The Bertz CT molecular complexity index is 8.75. The van der Waals surface area contributed by atoms with Crippen molar-refractivity contribution in [3.8, 4) is 0 Å². The van der Waals surface area contributed by atoms with E-state index < -0.39 is 0 Å². The molecule has 0 aliphatic carbocycles. The zero-order chi connectivity index (χ0) is 2.00. The van der Waals surface area contributed by atoms with Gasteiger partial charge in [-0.3, -0.25) is 0 Å². The molecule has 0 unspecified atom stereocenters. The zero-order valence-electron chi connectivity index (χ0n) is 3.34. The fraction of sp³-hybridized carbons (Fsp3) is 0.500. The van der Waals surface area contributed by atoms with Gasteiger partial charge in [0.25, 0.3) is 0 Å². The summed E-state index contributed by atoms with van der Waals surface area (Å²) in [5.74, 6) is 0. The average molecular weight is 314 g/mol. The molecule has 4 heteroatoms. The van der Waals surface area contributed by atoms with Gasteiger partial charge in [0.1, 0.15) is 0 Å². The first-order valence-corrected chi connectivity index (χ1v) is 0.707. The van der Waals surface area contributed by atoms with Gasteiger partial charge in [-0.15, -0.1) is 0 Å². The van der Waals surface area contributed by atoms with Crippen molar-refractivity contribution in [2.24, 2.45) is 0 Å².